The van der Waals surface area contributed by atoms with Crippen molar-refractivity contribution in [2.45, 2.75) is 10.7 Å². The summed E-state index contributed by atoms with van der Waals surface area (Å²) in [4.78, 5) is 28.6. The number of nitrogens with one attached hydrogen (secondary N) is 1. The summed E-state index contributed by atoms with van der Waals surface area (Å²) in [5.41, 5.74) is 0.314. The summed E-state index contributed by atoms with van der Waals surface area (Å²) in [6.45, 7) is 2.26. The molecule has 0 atom stereocenters. The average molecular weight is 404 g/mol. The molecule has 150 valence electrons. The predicted molar refractivity (Wildman–Crippen MR) is 95.4 cm³/mol. The van der Waals surface area contributed by atoms with Gasteiger partial charge in [0, 0.05) is 46.0 Å². The second-order valence-electron chi connectivity index (χ2n) is 6.32. The van der Waals surface area contributed by atoms with Gasteiger partial charge in [0.15, 0.2) is 0 Å². The van der Waals surface area contributed by atoms with Crippen molar-refractivity contribution < 1.29 is 26.8 Å². The van der Waals surface area contributed by atoms with Crippen LogP contribution < -0.4 is 5.32 Å². The highest BCUT2D eigenvalue weighted by Crippen LogP contribution is 2.20. The fourth-order valence-corrected chi connectivity index (χ4v) is 3.34. The number of nitrogens with zero attached hydrogens (tertiary/aromatic N) is 3. The van der Waals surface area contributed by atoms with E-state index in [2.05, 4.69) is 5.32 Å². The highest BCUT2D eigenvalue weighted by Gasteiger charge is 2.26. The molecular weight excluding hydrogens is 382 g/mol. The first kappa shape index (κ1) is 21.0. The maximum Gasteiger partial charge on any atom is 0.341 e. The first-order valence-corrected chi connectivity index (χ1v) is 9.76. The molecule has 1 N–H and O–H groups in total. The van der Waals surface area contributed by atoms with E-state index in [1.54, 1.807) is 19.0 Å². The van der Waals surface area contributed by atoms with Crippen LogP contribution in [0.3, 0.4) is 0 Å². The standard InChI is InChI=1S/C16H22F2N4O4S/c1-20(2)16(24)22-9-7-21(8-10-22)11-14(23)19-12-3-5-13(6-4-12)27(25,26)15(17)18/h3-6,15H,7-11H2,1-2H3,(H,19,23). The van der Waals surface area contributed by atoms with Gasteiger partial charge >= 0.3 is 11.8 Å². The van der Waals surface area contributed by atoms with Crippen molar-refractivity contribution in [3.05, 3.63) is 24.3 Å². The number of carbonyl (C=O) groups excluding carboxylic acids is 2. The SMILES string of the molecule is CN(C)C(=O)N1CCN(CC(=O)Nc2ccc(S(=O)(=O)C(F)F)cc2)CC1. The fourth-order valence-electron chi connectivity index (χ4n) is 2.61. The van der Waals surface area contributed by atoms with Crippen LogP contribution in [-0.4, -0.2) is 87.6 Å². The van der Waals surface area contributed by atoms with E-state index in [0.29, 0.717) is 31.9 Å². The summed E-state index contributed by atoms with van der Waals surface area (Å²) >= 11 is 0. The van der Waals surface area contributed by atoms with Gasteiger partial charge in [0.05, 0.1) is 11.4 Å². The highest BCUT2D eigenvalue weighted by molar-refractivity contribution is 7.91. The van der Waals surface area contributed by atoms with Crippen LogP contribution in [0.25, 0.3) is 0 Å². The van der Waals surface area contributed by atoms with Gasteiger partial charge in [-0.25, -0.2) is 13.2 Å². The van der Waals surface area contributed by atoms with Crippen LogP contribution in [0.4, 0.5) is 19.3 Å². The number of benzene rings is 1. The van der Waals surface area contributed by atoms with Crippen molar-refractivity contribution >= 4 is 27.5 Å². The first-order valence-electron chi connectivity index (χ1n) is 8.22. The molecule has 0 radical (unpaired) electrons. The van der Waals surface area contributed by atoms with E-state index >= 15 is 0 Å². The van der Waals surface area contributed by atoms with E-state index in [0.717, 1.165) is 12.1 Å². The normalized spacial score (nSPS) is 15.7. The van der Waals surface area contributed by atoms with Gasteiger partial charge in [0.25, 0.3) is 0 Å². The van der Waals surface area contributed by atoms with E-state index in [-0.39, 0.29) is 18.5 Å². The smallest absolute Gasteiger partial charge is 0.331 e. The molecule has 1 aliphatic heterocycles. The van der Waals surface area contributed by atoms with Gasteiger partial charge in [0.2, 0.25) is 15.7 Å². The third kappa shape index (κ3) is 5.36. The lowest BCUT2D eigenvalue weighted by atomic mass is 10.3. The number of carbonyl (C=O) groups is 2. The van der Waals surface area contributed by atoms with Gasteiger partial charge in [-0.05, 0) is 24.3 Å². The summed E-state index contributed by atoms with van der Waals surface area (Å²) in [7, 11) is -1.29. The maximum atomic E-state index is 12.5. The third-order valence-electron chi connectivity index (χ3n) is 4.09. The Balaban J connectivity index is 1.85. The van der Waals surface area contributed by atoms with Gasteiger partial charge in [0.1, 0.15) is 0 Å². The monoisotopic (exact) mass is 404 g/mol. The number of rotatable bonds is 5. The molecule has 0 saturated carbocycles. The number of sulfone groups is 1. The molecule has 0 aliphatic carbocycles. The second kappa shape index (κ2) is 8.61. The van der Waals surface area contributed by atoms with E-state index in [4.69, 9.17) is 0 Å². The lowest BCUT2D eigenvalue weighted by Gasteiger charge is -2.35. The van der Waals surface area contributed by atoms with Crippen molar-refractivity contribution in [3.8, 4) is 0 Å². The van der Waals surface area contributed by atoms with Crippen LogP contribution in [0.2, 0.25) is 0 Å². The molecule has 3 amide bonds. The fraction of sp³-hybridized carbons (Fsp3) is 0.500. The molecule has 0 bridgehead atoms. The van der Waals surface area contributed by atoms with E-state index < -0.39 is 20.5 Å². The summed E-state index contributed by atoms with van der Waals surface area (Å²) < 4.78 is 47.7. The van der Waals surface area contributed by atoms with Crippen LogP contribution in [0.15, 0.2) is 29.2 Å². The molecule has 1 aromatic rings. The number of hydrogen-bond donors (Lipinski definition) is 1. The zero-order chi connectivity index (χ0) is 20.2. The number of urea groups is 1. The molecule has 1 aromatic carbocycles. The molecular formula is C16H22F2N4O4S. The Morgan fingerprint density at radius 3 is 2.15 bits per heavy atom. The molecule has 0 spiro atoms. The van der Waals surface area contributed by atoms with Crippen LogP contribution in [0, 0.1) is 0 Å². The zero-order valence-corrected chi connectivity index (χ0v) is 15.9. The number of piperazine rings is 1. The molecule has 27 heavy (non-hydrogen) atoms. The molecule has 0 unspecified atom stereocenters. The number of amides is 3. The molecule has 0 aromatic heterocycles. The van der Waals surface area contributed by atoms with Gasteiger partial charge in [-0.15, -0.1) is 0 Å². The minimum atomic E-state index is -4.65. The van der Waals surface area contributed by atoms with Crippen molar-refractivity contribution in [2.75, 3.05) is 52.1 Å². The van der Waals surface area contributed by atoms with Crippen LogP contribution in [0.1, 0.15) is 0 Å². The maximum absolute atomic E-state index is 12.5. The van der Waals surface area contributed by atoms with Gasteiger partial charge in [-0.1, -0.05) is 0 Å². The van der Waals surface area contributed by atoms with Crippen LogP contribution >= 0.6 is 0 Å². The Bertz CT molecular complexity index is 776. The molecule has 1 heterocycles. The van der Waals surface area contributed by atoms with E-state index in [9.17, 15) is 26.8 Å². The molecule has 2 rings (SSSR count). The average Bonchev–Trinajstić information content (AvgIpc) is 2.62. The Labute approximate surface area is 156 Å². The van der Waals surface area contributed by atoms with Gasteiger partial charge < -0.3 is 15.1 Å². The minimum absolute atomic E-state index is 0.0714. The molecule has 1 aliphatic rings. The van der Waals surface area contributed by atoms with Crippen LogP contribution in [0.5, 0.6) is 0 Å². The topological polar surface area (TPSA) is 90.0 Å². The largest absolute Gasteiger partial charge is 0.341 e. The van der Waals surface area contributed by atoms with Gasteiger partial charge in [-0.2, -0.15) is 8.78 Å². The molecule has 1 saturated heterocycles. The molecule has 8 nitrogen and oxygen atoms in total. The Hall–Kier alpha value is -2.27. The second-order valence-corrected chi connectivity index (χ2v) is 8.24. The van der Waals surface area contributed by atoms with Crippen molar-refractivity contribution in [1.29, 1.82) is 0 Å². The summed E-state index contributed by atoms with van der Waals surface area (Å²) in [5.74, 6) is -3.80. The van der Waals surface area contributed by atoms with E-state index in [1.165, 1.54) is 17.0 Å². The number of halogens is 2. The quantitative estimate of drug-likeness (QED) is 0.788. The predicted octanol–water partition coefficient (Wildman–Crippen LogP) is 0.921. The lowest BCUT2D eigenvalue weighted by molar-refractivity contribution is -0.117. The summed E-state index contributed by atoms with van der Waals surface area (Å²) in [6, 6.07) is 4.52. The van der Waals surface area contributed by atoms with Crippen molar-refractivity contribution in [2.24, 2.45) is 0 Å². The molecule has 11 heteroatoms. The van der Waals surface area contributed by atoms with Crippen LogP contribution in [-0.2, 0) is 14.6 Å². The third-order valence-corrected chi connectivity index (χ3v) is 5.49. The molecule has 1 fully saturated rings. The first-order chi connectivity index (χ1) is 12.6. The Kier molecular flexibility index (Phi) is 6.71. The highest BCUT2D eigenvalue weighted by atomic mass is 32.2. The minimum Gasteiger partial charge on any atom is -0.331 e. The number of alkyl halides is 2. The van der Waals surface area contributed by atoms with Gasteiger partial charge in [-0.3, -0.25) is 9.69 Å². The van der Waals surface area contributed by atoms with Crippen molar-refractivity contribution in [3.63, 3.8) is 0 Å². The van der Waals surface area contributed by atoms with Crippen molar-refractivity contribution in [1.82, 2.24) is 14.7 Å². The number of hydrogen-bond acceptors (Lipinski definition) is 5. The zero-order valence-electron chi connectivity index (χ0n) is 15.1. The Morgan fingerprint density at radius 1 is 1.11 bits per heavy atom. The van der Waals surface area contributed by atoms with E-state index in [1.807, 2.05) is 4.90 Å². The Morgan fingerprint density at radius 2 is 1.67 bits per heavy atom. The summed E-state index contributed by atoms with van der Waals surface area (Å²) in [5, 5.41) is 2.60. The summed E-state index contributed by atoms with van der Waals surface area (Å²) in [6.07, 6.45) is 0. The number of anilines is 1. The lowest BCUT2D eigenvalue weighted by Crippen LogP contribution is -2.52.